The number of para-hydroxylation sites is 2. The van der Waals surface area contributed by atoms with E-state index < -0.39 is 0 Å². The van der Waals surface area contributed by atoms with Crippen molar-refractivity contribution < 1.29 is 9.47 Å². The second kappa shape index (κ2) is 11.7. The van der Waals surface area contributed by atoms with E-state index >= 15 is 0 Å². The summed E-state index contributed by atoms with van der Waals surface area (Å²) in [5.74, 6) is 1.39. The number of ether oxygens (including phenoxy) is 2. The van der Waals surface area contributed by atoms with Crippen molar-refractivity contribution in [1.82, 2.24) is 0 Å². The molecular formula is C19H26IN3O2. The van der Waals surface area contributed by atoms with Gasteiger partial charge in [0.2, 0.25) is 0 Å². The lowest BCUT2D eigenvalue weighted by Gasteiger charge is -2.12. The van der Waals surface area contributed by atoms with E-state index in [2.05, 4.69) is 29.4 Å². The maximum absolute atomic E-state index is 5.94. The van der Waals surface area contributed by atoms with Crippen LogP contribution in [0.1, 0.15) is 12.5 Å². The number of halogens is 1. The van der Waals surface area contributed by atoms with Crippen molar-refractivity contribution in [3.63, 3.8) is 0 Å². The summed E-state index contributed by atoms with van der Waals surface area (Å²) in [5, 5.41) is 3.06. The molecule has 25 heavy (non-hydrogen) atoms. The topological polar surface area (TPSA) is 68.9 Å². The van der Waals surface area contributed by atoms with Crippen molar-refractivity contribution in [3.8, 4) is 5.75 Å². The summed E-state index contributed by atoms with van der Waals surface area (Å²) >= 11 is 0. The van der Waals surface area contributed by atoms with Gasteiger partial charge in [0.1, 0.15) is 5.75 Å². The normalized spacial score (nSPS) is 12.2. The average Bonchev–Trinajstić information content (AvgIpc) is 2.61. The quantitative estimate of drug-likeness (QED) is 0.360. The number of anilines is 1. The minimum Gasteiger partial charge on any atom is -0.495 e. The van der Waals surface area contributed by atoms with Crippen molar-refractivity contribution in [2.45, 2.75) is 13.5 Å². The Bertz CT molecular complexity index is 650. The van der Waals surface area contributed by atoms with E-state index in [1.165, 1.54) is 5.56 Å². The largest absolute Gasteiger partial charge is 0.495 e. The molecule has 2 aromatic rings. The van der Waals surface area contributed by atoms with E-state index in [-0.39, 0.29) is 29.9 Å². The Morgan fingerprint density at radius 2 is 1.80 bits per heavy atom. The third kappa shape index (κ3) is 7.74. The zero-order chi connectivity index (χ0) is 17.2. The molecule has 1 unspecified atom stereocenters. The van der Waals surface area contributed by atoms with Crippen molar-refractivity contribution in [1.29, 1.82) is 0 Å². The van der Waals surface area contributed by atoms with Crippen LogP contribution in [-0.4, -0.2) is 26.2 Å². The van der Waals surface area contributed by atoms with E-state index in [1.807, 2.05) is 42.5 Å². The standard InChI is InChI=1S/C19H25N3O2.HI/c1-15(13-24-14-16-8-4-3-5-9-16)12-21-19(20)22-17-10-6-7-11-18(17)23-2;/h3-11,15H,12-14H2,1-2H3,(H3,20,21,22);1H. The van der Waals surface area contributed by atoms with Gasteiger partial charge in [-0.1, -0.05) is 49.4 Å². The van der Waals surface area contributed by atoms with Gasteiger partial charge in [0.25, 0.3) is 0 Å². The highest BCUT2D eigenvalue weighted by Crippen LogP contribution is 2.22. The first-order valence-corrected chi connectivity index (χ1v) is 8.00. The van der Waals surface area contributed by atoms with Crippen molar-refractivity contribution >= 4 is 35.6 Å². The van der Waals surface area contributed by atoms with Crippen LogP contribution in [0, 0.1) is 5.92 Å². The molecule has 0 bridgehead atoms. The minimum atomic E-state index is 0. The number of benzene rings is 2. The van der Waals surface area contributed by atoms with Crippen LogP contribution in [0.4, 0.5) is 5.69 Å². The van der Waals surface area contributed by atoms with Gasteiger partial charge in [-0.2, -0.15) is 0 Å². The lowest BCUT2D eigenvalue weighted by atomic mass is 10.2. The van der Waals surface area contributed by atoms with Crippen LogP contribution in [0.3, 0.4) is 0 Å². The summed E-state index contributed by atoms with van der Waals surface area (Å²) in [4.78, 5) is 4.37. The van der Waals surface area contributed by atoms with E-state index in [0.717, 1.165) is 11.4 Å². The molecule has 2 aromatic carbocycles. The SMILES string of the molecule is COc1ccccc1NC(N)=NCC(C)COCc1ccccc1.I. The molecule has 0 heterocycles. The molecule has 0 saturated heterocycles. The van der Waals surface area contributed by atoms with Gasteiger partial charge >= 0.3 is 0 Å². The monoisotopic (exact) mass is 455 g/mol. The maximum atomic E-state index is 5.94. The fourth-order valence-electron chi connectivity index (χ4n) is 2.18. The van der Waals surface area contributed by atoms with Crippen LogP contribution in [0.5, 0.6) is 5.75 Å². The molecule has 0 spiro atoms. The molecule has 136 valence electrons. The van der Waals surface area contributed by atoms with Crippen LogP contribution in [0.25, 0.3) is 0 Å². The number of hydrogen-bond acceptors (Lipinski definition) is 3. The molecule has 3 N–H and O–H groups in total. The molecule has 6 heteroatoms. The molecule has 0 saturated carbocycles. The first kappa shape index (κ1) is 21.2. The Balaban J connectivity index is 0.00000312. The molecule has 5 nitrogen and oxygen atoms in total. The van der Waals surface area contributed by atoms with Crippen LogP contribution < -0.4 is 15.8 Å². The fraction of sp³-hybridized carbons (Fsp3) is 0.316. The van der Waals surface area contributed by atoms with Crippen molar-refractivity contribution in [3.05, 3.63) is 60.2 Å². The van der Waals surface area contributed by atoms with Crippen LogP contribution in [0.15, 0.2) is 59.6 Å². The smallest absolute Gasteiger partial charge is 0.193 e. The number of nitrogens with zero attached hydrogens (tertiary/aromatic N) is 1. The summed E-state index contributed by atoms with van der Waals surface area (Å²) in [6.45, 7) is 3.94. The number of nitrogens with one attached hydrogen (secondary N) is 1. The summed E-state index contributed by atoms with van der Waals surface area (Å²) in [5.41, 5.74) is 7.91. The molecule has 1 atom stereocenters. The Kier molecular flexibility index (Phi) is 9.94. The van der Waals surface area contributed by atoms with E-state index in [1.54, 1.807) is 7.11 Å². The second-order valence-electron chi connectivity index (χ2n) is 5.66. The minimum absolute atomic E-state index is 0. The molecule has 0 radical (unpaired) electrons. The number of aliphatic imine (C=N–C) groups is 1. The summed E-state index contributed by atoms with van der Waals surface area (Å²) in [6.07, 6.45) is 0. The van der Waals surface area contributed by atoms with E-state index in [9.17, 15) is 0 Å². The van der Waals surface area contributed by atoms with Crippen LogP contribution >= 0.6 is 24.0 Å². The Morgan fingerprint density at radius 1 is 1.12 bits per heavy atom. The zero-order valence-electron chi connectivity index (χ0n) is 14.6. The summed E-state index contributed by atoms with van der Waals surface area (Å²) < 4.78 is 11.0. The Morgan fingerprint density at radius 3 is 2.52 bits per heavy atom. The van der Waals surface area contributed by atoms with Crippen LogP contribution in [-0.2, 0) is 11.3 Å². The Labute approximate surface area is 166 Å². The predicted octanol–water partition coefficient (Wildman–Crippen LogP) is 3.89. The summed E-state index contributed by atoms with van der Waals surface area (Å²) in [7, 11) is 1.62. The van der Waals surface area contributed by atoms with E-state index in [0.29, 0.717) is 25.7 Å². The lowest BCUT2D eigenvalue weighted by Crippen LogP contribution is -2.24. The second-order valence-corrected chi connectivity index (χ2v) is 5.66. The number of nitrogens with two attached hydrogens (primary N) is 1. The number of methoxy groups -OCH3 is 1. The first-order valence-electron chi connectivity index (χ1n) is 8.00. The highest BCUT2D eigenvalue weighted by Gasteiger charge is 2.05. The molecular weight excluding hydrogens is 429 g/mol. The summed E-state index contributed by atoms with van der Waals surface area (Å²) in [6, 6.07) is 17.7. The predicted molar refractivity (Wildman–Crippen MR) is 114 cm³/mol. The third-order valence-corrected chi connectivity index (χ3v) is 3.46. The Hall–Kier alpha value is -1.80. The molecule has 0 aliphatic rings. The van der Waals surface area contributed by atoms with Crippen molar-refractivity contribution in [2.24, 2.45) is 16.6 Å². The van der Waals surface area contributed by atoms with Gasteiger partial charge in [-0.25, -0.2) is 0 Å². The highest BCUT2D eigenvalue weighted by molar-refractivity contribution is 14.0. The van der Waals surface area contributed by atoms with Gasteiger partial charge in [-0.3, -0.25) is 4.99 Å². The van der Waals surface area contributed by atoms with Gasteiger partial charge in [-0.05, 0) is 23.6 Å². The van der Waals surface area contributed by atoms with E-state index in [4.69, 9.17) is 15.2 Å². The maximum Gasteiger partial charge on any atom is 0.193 e. The van der Waals surface area contributed by atoms with Gasteiger partial charge in [-0.15, -0.1) is 24.0 Å². The molecule has 0 aliphatic carbocycles. The molecule has 0 aromatic heterocycles. The third-order valence-electron chi connectivity index (χ3n) is 3.46. The number of guanidine groups is 1. The van der Waals surface area contributed by atoms with Gasteiger partial charge < -0.3 is 20.5 Å². The highest BCUT2D eigenvalue weighted by atomic mass is 127. The van der Waals surface area contributed by atoms with Crippen molar-refractivity contribution in [2.75, 3.05) is 25.6 Å². The average molecular weight is 455 g/mol. The van der Waals surface area contributed by atoms with Gasteiger partial charge in [0.05, 0.1) is 26.0 Å². The molecule has 0 amide bonds. The van der Waals surface area contributed by atoms with Gasteiger partial charge in [0, 0.05) is 6.54 Å². The number of hydrogen-bond donors (Lipinski definition) is 2. The zero-order valence-corrected chi connectivity index (χ0v) is 17.0. The van der Waals surface area contributed by atoms with Gasteiger partial charge in [0.15, 0.2) is 5.96 Å². The molecule has 0 fully saturated rings. The lowest BCUT2D eigenvalue weighted by molar-refractivity contribution is 0.0945. The first-order chi connectivity index (χ1) is 11.7. The number of rotatable bonds is 8. The molecule has 0 aliphatic heterocycles. The fourth-order valence-corrected chi connectivity index (χ4v) is 2.18. The van der Waals surface area contributed by atoms with Crippen LogP contribution in [0.2, 0.25) is 0 Å². The molecule has 2 rings (SSSR count).